The van der Waals surface area contributed by atoms with Gasteiger partial charge < -0.3 is 40.1 Å². The normalized spacial score (nSPS) is 51.0. The number of aliphatic hydroxyl groups is 5. The van der Waals surface area contributed by atoms with Gasteiger partial charge in [0, 0.05) is 16.7 Å². The lowest BCUT2D eigenvalue weighted by Crippen LogP contribution is -2.63. The van der Waals surface area contributed by atoms with Gasteiger partial charge in [0.25, 0.3) is 0 Å². The van der Waals surface area contributed by atoms with Gasteiger partial charge in [-0.25, -0.2) is 4.79 Å². The predicted octanol–water partition coefficient (Wildman–Crippen LogP) is -0.280. The lowest BCUT2D eigenvalue weighted by atomic mass is 9.45. The Morgan fingerprint density at radius 1 is 1.13 bits per heavy atom. The maximum absolute atomic E-state index is 13.5. The van der Waals surface area contributed by atoms with Crippen molar-refractivity contribution >= 4 is 17.5 Å². The molecule has 0 radical (unpaired) electrons. The van der Waals surface area contributed by atoms with Crippen LogP contribution in [0.4, 0.5) is 0 Å². The predicted molar refractivity (Wildman–Crippen MR) is 133 cm³/mol. The Morgan fingerprint density at radius 2 is 1.82 bits per heavy atom. The van der Waals surface area contributed by atoms with E-state index in [9.17, 15) is 45.0 Å². The summed E-state index contributed by atoms with van der Waals surface area (Å²) in [7, 11) is 0. The summed E-state index contributed by atoms with van der Waals surface area (Å²) in [5.74, 6) is -2.52. The fraction of sp³-hybridized carbons (Fsp3) is 0.750. The van der Waals surface area contributed by atoms with Crippen LogP contribution in [0.25, 0.3) is 0 Å². The number of aliphatic carboxylic acids is 1. The summed E-state index contributed by atoms with van der Waals surface area (Å²) in [5.41, 5.74) is -2.34. The van der Waals surface area contributed by atoms with E-state index in [1.807, 2.05) is 19.9 Å². The molecule has 3 saturated carbocycles. The molecule has 11 heteroatoms. The summed E-state index contributed by atoms with van der Waals surface area (Å²) < 4.78 is 10.5. The molecule has 13 atom stereocenters. The minimum absolute atomic E-state index is 0.00652. The highest BCUT2D eigenvalue weighted by Gasteiger charge is 2.68. The van der Waals surface area contributed by atoms with E-state index in [2.05, 4.69) is 6.92 Å². The van der Waals surface area contributed by atoms with Crippen LogP contribution in [0.2, 0.25) is 0 Å². The number of rotatable bonds is 5. The van der Waals surface area contributed by atoms with Crippen molar-refractivity contribution in [2.75, 3.05) is 6.61 Å². The van der Waals surface area contributed by atoms with Crippen LogP contribution in [0.1, 0.15) is 46.5 Å². The van der Waals surface area contributed by atoms with Crippen LogP contribution >= 0.6 is 0 Å². The number of ketones is 2. The number of hydrogen-bond acceptors (Lipinski definition) is 10. The summed E-state index contributed by atoms with van der Waals surface area (Å²) in [4.78, 5) is 37.0. The zero-order valence-corrected chi connectivity index (χ0v) is 22.3. The van der Waals surface area contributed by atoms with Crippen LogP contribution < -0.4 is 0 Å². The van der Waals surface area contributed by atoms with Crippen LogP contribution in [0.5, 0.6) is 0 Å². The molecular formula is C28H38O11. The molecule has 4 fully saturated rings. The van der Waals surface area contributed by atoms with Gasteiger partial charge in [-0.3, -0.25) is 9.59 Å². The first-order valence-corrected chi connectivity index (χ1v) is 13.6. The maximum Gasteiger partial charge on any atom is 0.335 e. The van der Waals surface area contributed by atoms with E-state index >= 15 is 0 Å². The highest BCUT2D eigenvalue weighted by Crippen LogP contribution is 2.67. The highest BCUT2D eigenvalue weighted by molar-refractivity contribution is 6.01. The van der Waals surface area contributed by atoms with E-state index in [0.29, 0.717) is 12.8 Å². The Bertz CT molecular complexity index is 1120. The minimum atomic E-state index is -1.89. The number of fused-ring (bicyclic) bond motifs is 5. The van der Waals surface area contributed by atoms with Crippen LogP contribution in [-0.4, -0.2) is 97.2 Å². The molecule has 1 saturated heterocycles. The lowest BCUT2D eigenvalue weighted by Gasteiger charge is -2.60. The number of carboxylic acids is 1. The molecule has 0 aromatic carbocycles. The topological polar surface area (TPSA) is 191 Å². The van der Waals surface area contributed by atoms with Crippen LogP contribution in [0.3, 0.4) is 0 Å². The quantitative estimate of drug-likeness (QED) is 0.264. The molecule has 6 N–H and O–H groups in total. The van der Waals surface area contributed by atoms with Gasteiger partial charge in [0.2, 0.25) is 0 Å². The highest BCUT2D eigenvalue weighted by atomic mass is 16.7. The van der Waals surface area contributed by atoms with Gasteiger partial charge >= 0.3 is 5.97 Å². The Hall–Kier alpha value is -1.99. The monoisotopic (exact) mass is 550 g/mol. The molecule has 39 heavy (non-hydrogen) atoms. The first-order valence-electron chi connectivity index (χ1n) is 13.6. The number of aliphatic hydroxyl groups excluding tert-OH is 4. The number of allylic oxidation sites excluding steroid dienone is 4. The van der Waals surface area contributed by atoms with Crippen molar-refractivity contribution in [1.29, 1.82) is 0 Å². The summed E-state index contributed by atoms with van der Waals surface area (Å²) in [5, 5.41) is 62.7. The maximum atomic E-state index is 13.5. The van der Waals surface area contributed by atoms with Gasteiger partial charge in [0.1, 0.15) is 30.5 Å². The minimum Gasteiger partial charge on any atom is -0.479 e. The van der Waals surface area contributed by atoms with Crippen LogP contribution in [-0.2, 0) is 23.9 Å². The van der Waals surface area contributed by atoms with Gasteiger partial charge in [0.15, 0.2) is 24.0 Å². The van der Waals surface area contributed by atoms with E-state index in [-0.39, 0.29) is 42.3 Å². The smallest absolute Gasteiger partial charge is 0.335 e. The summed E-state index contributed by atoms with van der Waals surface area (Å²) in [6, 6.07) is 0. The van der Waals surface area contributed by atoms with Crippen molar-refractivity contribution < 1.29 is 54.5 Å². The molecule has 4 aliphatic carbocycles. The summed E-state index contributed by atoms with van der Waals surface area (Å²) in [6.07, 6.45) is -3.32. The number of Topliss-reactive ketones (excluding diaryl/α,β-unsaturated/α-hetero) is 1. The van der Waals surface area contributed by atoms with Crippen molar-refractivity contribution in [3.63, 3.8) is 0 Å². The first kappa shape index (κ1) is 28.5. The van der Waals surface area contributed by atoms with Crippen LogP contribution in [0.15, 0.2) is 23.8 Å². The molecule has 0 spiro atoms. The Kier molecular flexibility index (Phi) is 6.98. The van der Waals surface area contributed by atoms with Gasteiger partial charge in [-0.15, -0.1) is 0 Å². The Morgan fingerprint density at radius 3 is 2.49 bits per heavy atom. The number of ether oxygens (including phenoxy) is 2. The molecule has 0 aromatic heterocycles. The largest absolute Gasteiger partial charge is 0.479 e. The number of carbonyl (C=O) groups excluding carboxylic acids is 2. The fourth-order valence-electron chi connectivity index (χ4n) is 8.68. The molecule has 216 valence electrons. The second-order valence-corrected chi connectivity index (χ2v) is 12.6. The van der Waals surface area contributed by atoms with Gasteiger partial charge in [-0.1, -0.05) is 32.4 Å². The summed E-state index contributed by atoms with van der Waals surface area (Å²) >= 11 is 0. The number of carboxylic acid groups (broad SMARTS) is 1. The average Bonchev–Trinajstić information content (AvgIpc) is 3.13. The van der Waals surface area contributed by atoms with Crippen LogP contribution in [0, 0.1) is 34.5 Å². The standard InChI is InChI=1S/C28H38O11/c1-12-8-14-15-5-7-28(37,18(31)11-38-25-22(34)20(32)21(33)23(39-25)24(35)36)27(15,3)10-17(30)19(14)26(2)6-4-13(29)9-16(12)26/h4,6,9,12,14-15,17,19-23,25,30,32-34,37H,5,7-8,10-11H2,1-3H3,(H,35,36)/t12-,14-,15-,17-,19+,20-,21-,22+,23-,25+,26-,27-,28-/m0/s1. The first-order chi connectivity index (χ1) is 18.2. The third-order valence-corrected chi connectivity index (χ3v) is 10.6. The van der Waals surface area contributed by atoms with E-state index in [1.165, 1.54) is 0 Å². The van der Waals surface area contributed by atoms with E-state index in [4.69, 9.17) is 9.47 Å². The van der Waals surface area contributed by atoms with Gasteiger partial charge in [-0.05, 0) is 55.6 Å². The molecular weight excluding hydrogens is 512 g/mol. The Labute approximate surface area is 226 Å². The van der Waals surface area contributed by atoms with Crippen molar-refractivity contribution in [2.24, 2.45) is 34.5 Å². The lowest BCUT2D eigenvalue weighted by molar-refractivity contribution is -0.293. The van der Waals surface area contributed by atoms with Crippen molar-refractivity contribution in [3.8, 4) is 0 Å². The third-order valence-electron chi connectivity index (χ3n) is 10.6. The zero-order valence-electron chi connectivity index (χ0n) is 22.3. The van der Waals surface area contributed by atoms with Crippen molar-refractivity contribution in [2.45, 2.75) is 88.9 Å². The van der Waals surface area contributed by atoms with Gasteiger partial charge in [0.05, 0.1) is 6.10 Å². The molecule has 11 nitrogen and oxygen atoms in total. The van der Waals surface area contributed by atoms with Crippen molar-refractivity contribution in [3.05, 3.63) is 23.8 Å². The van der Waals surface area contributed by atoms with Gasteiger partial charge in [-0.2, -0.15) is 0 Å². The van der Waals surface area contributed by atoms with E-state index in [1.54, 1.807) is 12.2 Å². The SMILES string of the molecule is C[C@H]1C[C@@H]2[C@H]([C@@H](O)C[C@@]3(C)[C@H]2CC[C@]3(O)C(=O)CO[C@@H]2O[C@H](C(=O)O)[C@@H](O)[C@H](O)[C@H]2O)[C@@]2(C)C=CC(=O)C=C12. The van der Waals surface area contributed by atoms with E-state index in [0.717, 1.165) is 5.57 Å². The Balaban J connectivity index is 1.36. The molecule has 1 heterocycles. The fourth-order valence-corrected chi connectivity index (χ4v) is 8.68. The number of hydrogen-bond donors (Lipinski definition) is 6. The molecule has 0 amide bonds. The molecule has 5 rings (SSSR count). The molecule has 0 aromatic rings. The second kappa shape index (κ2) is 9.54. The zero-order chi connectivity index (χ0) is 28.7. The molecule has 5 aliphatic rings. The second-order valence-electron chi connectivity index (χ2n) is 12.6. The molecule has 1 aliphatic heterocycles. The molecule has 0 bridgehead atoms. The average molecular weight is 551 g/mol. The van der Waals surface area contributed by atoms with E-state index < -0.39 is 71.6 Å². The molecule has 0 unspecified atom stereocenters. The third kappa shape index (κ3) is 4.08. The number of carbonyl (C=O) groups is 3. The summed E-state index contributed by atoms with van der Waals surface area (Å²) in [6.45, 7) is 5.20. The van der Waals surface area contributed by atoms with Crippen molar-refractivity contribution in [1.82, 2.24) is 0 Å².